The van der Waals surface area contributed by atoms with E-state index in [1.54, 1.807) is 6.08 Å². The van der Waals surface area contributed by atoms with Crippen LogP contribution in [0.4, 0.5) is 0 Å². The molecule has 0 atom stereocenters. The Morgan fingerprint density at radius 2 is 1.64 bits per heavy atom. The van der Waals surface area contributed by atoms with Gasteiger partial charge in [-0.15, -0.1) is 0 Å². The summed E-state index contributed by atoms with van der Waals surface area (Å²) in [6, 6.07) is 0. The number of allylic oxidation sites excluding steroid dienone is 5. The van der Waals surface area contributed by atoms with E-state index >= 15 is 0 Å². The summed E-state index contributed by atoms with van der Waals surface area (Å²) >= 11 is 0. The third-order valence-electron chi connectivity index (χ3n) is 3.30. The molecule has 0 saturated carbocycles. The predicted molar refractivity (Wildman–Crippen MR) is 91.3 cm³/mol. The van der Waals surface area contributed by atoms with Crippen LogP contribution in [-0.2, 0) is 4.79 Å². The van der Waals surface area contributed by atoms with E-state index < -0.39 is 0 Å². The van der Waals surface area contributed by atoms with Crippen LogP contribution in [0.2, 0.25) is 0 Å². The number of hydrogen-bond donors (Lipinski definition) is 0. The molecule has 0 aliphatic carbocycles. The smallest absolute Gasteiger partial charge is 0.246 e. The normalized spacial score (nSPS) is 12.3. The second kappa shape index (κ2) is 15.7. The van der Waals surface area contributed by atoms with E-state index in [0.717, 1.165) is 57.7 Å². The summed E-state index contributed by atoms with van der Waals surface area (Å²) in [6.45, 7) is 2.12. The third-order valence-corrected chi connectivity index (χ3v) is 3.30. The number of unbranched alkanes of at least 4 members (excludes halogenated alkanes) is 6. The van der Waals surface area contributed by atoms with E-state index in [4.69, 9.17) is 0 Å². The van der Waals surface area contributed by atoms with E-state index in [9.17, 15) is 14.9 Å². The Labute approximate surface area is 134 Å². The van der Waals surface area contributed by atoms with Gasteiger partial charge in [0.2, 0.25) is 5.70 Å². The van der Waals surface area contributed by atoms with Crippen molar-refractivity contribution in [2.75, 3.05) is 0 Å². The van der Waals surface area contributed by atoms with Crippen LogP contribution in [-0.4, -0.2) is 11.2 Å². The lowest BCUT2D eigenvalue weighted by Crippen LogP contribution is -1.97. The van der Waals surface area contributed by atoms with Gasteiger partial charge in [0, 0.05) is 6.42 Å². The van der Waals surface area contributed by atoms with Gasteiger partial charge < -0.3 is 4.79 Å². The molecule has 0 aliphatic heterocycles. The highest BCUT2D eigenvalue weighted by atomic mass is 16.6. The van der Waals surface area contributed by atoms with Crippen molar-refractivity contribution in [1.82, 2.24) is 0 Å². The van der Waals surface area contributed by atoms with E-state index in [-0.39, 0.29) is 4.92 Å². The first kappa shape index (κ1) is 20.3. The van der Waals surface area contributed by atoms with Crippen LogP contribution in [0, 0.1) is 10.1 Å². The molecule has 0 N–H and O–H groups in total. The van der Waals surface area contributed by atoms with Crippen molar-refractivity contribution in [1.29, 1.82) is 0 Å². The molecule has 0 spiro atoms. The standard InChI is InChI=1S/C18H29NO3/c1-2-3-4-12-15-18(19(21)22)16-13-10-8-6-5-7-9-11-14-17-20/h5-6,10,13,15,17H,2-4,7-9,11-12,14,16H2,1H3/b6-5-,13-10-,18-15+. The molecule has 0 aliphatic rings. The van der Waals surface area contributed by atoms with Crippen molar-refractivity contribution in [2.24, 2.45) is 0 Å². The molecule has 0 unspecified atom stereocenters. The molecule has 22 heavy (non-hydrogen) atoms. The molecule has 124 valence electrons. The largest absolute Gasteiger partial charge is 0.303 e. The van der Waals surface area contributed by atoms with Crippen LogP contribution in [0.25, 0.3) is 0 Å². The second-order valence-corrected chi connectivity index (χ2v) is 5.28. The number of nitrogens with zero attached hydrogens (tertiary/aromatic N) is 1. The van der Waals surface area contributed by atoms with Crippen LogP contribution in [0.3, 0.4) is 0 Å². The topological polar surface area (TPSA) is 60.2 Å². The minimum Gasteiger partial charge on any atom is -0.303 e. The summed E-state index contributed by atoms with van der Waals surface area (Å²) < 4.78 is 0. The summed E-state index contributed by atoms with van der Waals surface area (Å²) in [5.74, 6) is 0. The minimum atomic E-state index is -0.279. The molecule has 0 saturated heterocycles. The Balaban J connectivity index is 3.88. The fourth-order valence-corrected chi connectivity index (χ4v) is 1.98. The van der Waals surface area contributed by atoms with Crippen LogP contribution >= 0.6 is 0 Å². The number of hydrogen-bond acceptors (Lipinski definition) is 3. The van der Waals surface area contributed by atoms with E-state index in [0.29, 0.717) is 18.5 Å². The second-order valence-electron chi connectivity index (χ2n) is 5.28. The zero-order valence-corrected chi connectivity index (χ0v) is 13.7. The van der Waals surface area contributed by atoms with E-state index in [1.165, 1.54) is 0 Å². The highest BCUT2D eigenvalue weighted by Gasteiger charge is 2.06. The first-order valence-electron chi connectivity index (χ1n) is 8.29. The van der Waals surface area contributed by atoms with Gasteiger partial charge in [0.15, 0.2) is 0 Å². The lowest BCUT2D eigenvalue weighted by Gasteiger charge is -1.95. The Hall–Kier alpha value is -1.71. The lowest BCUT2D eigenvalue weighted by atomic mass is 10.1. The Morgan fingerprint density at radius 1 is 0.955 bits per heavy atom. The molecule has 0 rings (SSSR count). The van der Waals surface area contributed by atoms with Crippen molar-refractivity contribution in [3.8, 4) is 0 Å². The third kappa shape index (κ3) is 13.3. The van der Waals surface area contributed by atoms with Crippen LogP contribution < -0.4 is 0 Å². The number of carbonyl (C=O) groups excluding carboxylic acids is 1. The van der Waals surface area contributed by atoms with Gasteiger partial charge in [-0.05, 0) is 44.6 Å². The number of carbonyl (C=O) groups is 1. The van der Waals surface area contributed by atoms with Crippen LogP contribution in [0.5, 0.6) is 0 Å². The van der Waals surface area contributed by atoms with Crippen LogP contribution in [0.15, 0.2) is 36.1 Å². The quantitative estimate of drug-likeness (QED) is 0.142. The summed E-state index contributed by atoms with van der Waals surface area (Å²) in [5, 5.41) is 10.9. The van der Waals surface area contributed by atoms with Gasteiger partial charge >= 0.3 is 0 Å². The van der Waals surface area contributed by atoms with Crippen molar-refractivity contribution < 1.29 is 9.72 Å². The number of rotatable bonds is 14. The summed E-state index contributed by atoms with van der Waals surface area (Å²) in [4.78, 5) is 20.8. The molecular formula is C18H29NO3. The Morgan fingerprint density at radius 3 is 2.32 bits per heavy atom. The monoisotopic (exact) mass is 307 g/mol. The SMILES string of the molecule is CCCCC/C=C(\C/C=C\C/C=C\CCCCC=O)[N+](=O)[O-]. The number of nitro groups is 1. The van der Waals surface area contributed by atoms with Crippen molar-refractivity contribution >= 4 is 6.29 Å². The fourth-order valence-electron chi connectivity index (χ4n) is 1.98. The van der Waals surface area contributed by atoms with Gasteiger partial charge in [-0.25, -0.2) is 0 Å². The van der Waals surface area contributed by atoms with Crippen molar-refractivity contribution in [3.05, 3.63) is 46.2 Å². The predicted octanol–water partition coefficient (Wildman–Crippen LogP) is 5.38. The molecule has 4 heteroatoms. The molecule has 0 fully saturated rings. The van der Waals surface area contributed by atoms with Gasteiger partial charge in [-0.3, -0.25) is 10.1 Å². The average Bonchev–Trinajstić information content (AvgIpc) is 2.50. The number of aldehydes is 1. The Bertz CT molecular complexity index is 384. The van der Waals surface area contributed by atoms with Crippen molar-refractivity contribution in [3.63, 3.8) is 0 Å². The molecule has 0 aromatic carbocycles. The highest BCUT2D eigenvalue weighted by molar-refractivity contribution is 5.48. The maximum Gasteiger partial charge on any atom is 0.246 e. The van der Waals surface area contributed by atoms with Gasteiger partial charge in [0.25, 0.3) is 0 Å². The zero-order valence-electron chi connectivity index (χ0n) is 13.7. The van der Waals surface area contributed by atoms with Gasteiger partial charge in [-0.1, -0.05) is 44.1 Å². The summed E-state index contributed by atoms with van der Waals surface area (Å²) in [5.41, 5.74) is 0.296. The highest BCUT2D eigenvalue weighted by Crippen LogP contribution is 2.09. The van der Waals surface area contributed by atoms with E-state index in [1.807, 2.05) is 12.2 Å². The molecule has 0 bridgehead atoms. The first-order valence-corrected chi connectivity index (χ1v) is 8.29. The van der Waals surface area contributed by atoms with Gasteiger partial charge in [-0.2, -0.15) is 0 Å². The van der Waals surface area contributed by atoms with Crippen LogP contribution in [0.1, 0.15) is 71.1 Å². The maximum atomic E-state index is 10.9. The summed E-state index contributed by atoms with van der Waals surface area (Å²) in [7, 11) is 0. The lowest BCUT2D eigenvalue weighted by molar-refractivity contribution is -0.427. The molecule has 0 heterocycles. The summed E-state index contributed by atoms with van der Waals surface area (Å²) in [6.07, 6.45) is 19.6. The Kier molecular flexibility index (Phi) is 14.5. The fraction of sp³-hybridized carbons (Fsp3) is 0.611. The van der Waals surface area contributed by atoms with Crippen molar-refractivity contribution in [2.45, 2.75) is 71.1 Å². The molecule has 0 aromatic heterocycles. The van der Waals surface area contributed by atoms with Gasteiger partial charge in [0.05, 0.1) is 11.3 Å². The molecule has 4 nitrogen and oxygen atoms in total. The molecule has 0 aromatic rings. The maximum absolute atomic E-state index is 10.9. The zero-order chi connectivity index (χ0) is 16.5. The minimum absolute atomic E-state index is 0.279. The molecular weight excluding hydrogens is 278 g/mol. The van der Waals surface area contributed by atoms with Gasteiger partial charge in [0.1, 0.15) is 6.29 Å². The average molecular weight is 307 g/mol. The molecule has 0 amide bonds. The van der Waals surface area contributed by atoms with E-state index in [2.05, 4.69) is 19.1 Å². The molecule has 0 radical (unpaired) electrons. The first-order chi connectivity index (χ1) is 10.7.